The topological polar surface area (TPSA) is 101 Å². The van der Waals surface area contributed by atoms with E-state index < -0.39 is 23.2 Å². The maximum absolute atomic E-state index is 14.9. The number of aromatic hydroxyl groups is 1. The van der Waals surface area contributed by atoms with Crippen LogP contribution >= 0.6 is 0 Å². The lowest BCUT2D eigenvalue weighted by atomic mass is 9.95. The van der Waals surface area contributed by atoms with Crippen molar-refractivity contribution in [3.8, 4) is 35.4 Å². The summed E-state index contributed by atoms with van der Waals surface area (Å²) in [6.45, 7) is 5.12. The maximum Gasteiger partial charge on any atom is 0.349 e. The molecule has 9 nitrogen and oxygen atoms in total. The summed E-state index contributed by atoms with van der Waals surface area (Å²) in [5.41, 5.74) is -0.0556. The summed E-state index contributed by atoms with van der Waals surface area (Å²) in [5, 5.41) is 11.7. The lowest BCUT2D eigenvalue weighted by molar-refractivity contribution is 0.0367. The number of aromatic nitrogens is 2. The molecule has 1 N–H and O–H groups in total. The Labute approximate surface area is 276 Å². The Morgan fingerprint density at radius 2 is 2.00 bits per heavy atom. The molecule has 1 aliphatic carbocycles. The van der Waals surface area contributed by atoms with Gasteiger partial charge < -0.3 is 23.9 Å². The number of anilines is 1. The Bertz CT molecular complexity index is 2020. The fourth-order valence-corrected chi connectivity index (χ4v) is 7.98. The minimum Gasteiger partial charge on any atom is -0.508 e. The van der Waals surface area contributed by atoms with Crippen LogP contribution in [0.4, 0.5) is 14.6 Å². The third-order valence-electron chi connectivity index (χ3n) is 10.6. The number of piperidine rings is 1. The van der Waals surface area contributed by atoms with Gasteiger partial charge >= 0.3 is 11.6 Å². The normalized spacial score (nSPS) is 24.3. The molecule has 3 atom stereocenters. The van der Waals surface area contributed by atoms with Crippen LogP contribution in [-0.4, -0.2) is 77.2 Å². The fourth-order valence-electron chi connectivity index (χ4n) is 7.98. The number of halogens is 2. The first-order valence-electron chi connectivity index (χ1n) is 16.9. The molecule has 4 aliphatic rings. The Morgan fingerprint density at radius 1 is 1.15 bits per heavy atom. The molecule has 5 heterocycles. The lowest BCUT2D eigenvalue weighted by Gasteiger charge is -2.34. The number of ether oxygens (including phenoxy) is 2. The van der Waals surface area contributed by atoms with Gasteiger partial charge in [0, 0.05) is 49.2 Å². The number of phenols is 1. The van der Waals surface area contributed by atoms with Crippen molar-refractivity contribution in [3.05, 3.63) is 51.6 Å². The number of fused-ring (bicyclic) bond motifs is 3. The second kappa shape index (κ2) is 12.0. The average Bonchev–Trinajstić information content (AvgIpc) is 3.75. The molecule has 4 aromatic rings. The highest BCUT2D eigenvalue weighted by Crippen LogP contribution is 2.42. The highest BCUT2D eigenvalue weighted by Gasteiger charge is 2.49. The van der Waals surface area contributed by atoms with E-state index in [9.17, 15) is 18.7 Å². The van der Waals surface area contributed by atoms with E-state index in [4.69, 9.17) is 30.3 Å². The number of phenolic OH excluding ortho intramolecular Hbond substituents is 1. The van der Waals surface area contributed by atoms with Crippen LogP contribution in [0.15, 0.2) is 33.5 Å². The van der Waals surface area contributed by atoms with Crippen LogP contribution in [0.25, 0.3) is 33.0 Å². The van der Waals surface area contributed by atoms with Gasteiger partial charge in [0.1, 0.15) is 35.5 Å². The van der Waals surface area contributed by atoms with Gasteiger partial charge in [0.15, 0.2) is 5.82 Å². The number of nitrogens with zero attached hydrogens (tertiary/aromatic N) is 4. The van der Waals surface area contributed by atoms with Crippen molar-refractivity contribution in [2.45, 2.75) is 69.7 Å². The summed E-state index contributed by atoms with van der Waals surface area (Å²) >= 11 is 0. The molecule has 4 fully saturated rings. The SMILES string of the molecule is C#Cc1c(F)ccc2cc(O)cc(-c3oc(=O)c4c(N5CCCC(OCC6CC6)C5)nc(OC[C@@]56CCCN5C[C@H](F)C6)nc4c3C)c12. The Hall–Kier alpha value is -4.27. The van der Waals surface area contributed by atoms with E-state index in [2.05, 4.69) is 10.8 Å². The number of terminal acetylenes is 1. The predicted octanol–water partition coefficient (Wildman–Crippen LogP) is 5.89. The van der Waals surface area contributed by atoms with Crippen LogP contribution in [-0.2, 0) is 4.74 Å². The van der Waals surface area contributed by atoms with Gasteiger partial charge in [-0.1, -0.05) is 12.0 Å². The van der Waals surface area contributed by atoms with Crippen molar-refractivity contribution in [1.82, 2.24) is 14.9 Å². The van der Waals surface area contributed by atoms with Crippen molar-refractivity contribution >= 4 is 27.5 Å². The molecule has 0 spiro atoms. The molecule has 1 saturated carbocycles. The van der Waals surface area contributed by atoms with E-state index in [0.29, 0.717) is 59.6 Å². The number of hydrogen-bond acceptors (Lipinski definition) is 9. The van der Waals surface area contributed by atoms with E-state index in [1.807, 2.05) is 4.90 Å². The van der Waals surface area contributed by atoms with Gasteiger partial charge in [0.25, 0.3) is 0 Å². The molecule has 2 aromatic carbocycles. The van der Waals surface area contributed by atoms with Gasteiger partial charge in [-0.25, -0.2) is 13.6 Å². The first-order valence-corrected chi connectivity index (χ1v) is 16.9. The number of benzene rings is 2. The summed E-state index contributed by atoms with van der Waals surface area (Å²) in [7, 11) is 0. The van der Waals surface area contributed by atoms with Crippen LogP contribution in [0.3, 0.4) is 0 Å². The van der Waals surface area contributed by atoms with Crippen molar-refractivity contribution < 1.29 is 27.8 Å². The standard InChI is InChI=1S/C37H38F2N4O5/c1-3-27-29(39)10-9-23-14-25(44)15-28(30(23)27)33-21(2)32-31(35(45)48-33)34(42-12-4-6-26(18-42)46-19-22-7-8-22)41-36(40-32)47-20-37-11-5-13-43(37)17-24(38)16-37/h1,9-10,14-15,22,24,26,44H,4-8,11-13,16-20H2,2H3/t24-,26?,37+/m1/s1. The summed E-state index contributed by atoms with van der Waals surface area (Å²) in [6, 6.07) is 5.73. The third kappa shape index (κ3) is 5.45. The summed E-state index contributed by atoms with van der Waals surface area (Å²) in [6.07, 6.45) is 11.2. The van der Waals surface area contributed by atoms with Crippen molar-refractivity contribution in [2.24, 2.45) is 5.92 Å². The highest BCUT2D eigenvalue weighted by molar-refractivity contribution is 6.03. The monoisotopic (exact) mass is 656 g/mol. The maximum atomic E-state index is 14.9. The summed E-state index contributed by atoms with van der Waals surface area (Å²) in [5.74, 6) is 2.83. The largest absolute Gasteiger partial charge is 0.508 e. The van der Waals surface area contributed by atoms with E-state index in [1.54, 1.807) is 6.92 Å². The molecular formula is C37H38F2N4O5. The number of hydrogen-bond donors (Lipinski definition) is 1. The van der Waals surface area contributed by atoms with Crippen LogP contribution in [0.2, 0.25) is 0 Å². The first kappa shape index (κ1) is 31.0. The number of rotatable bonds is 8. The van der Waals surface area contributed by atoms with E-state index >= 15 is 0 Å². The third-order valence-corrected chi connectivity index (χ3v) is 10.6. The molecule has 1 unspecified atom stereocenters. The van der Waals surface area contributed by atoms with Gasteiger partial charge in [-0.15, -0.1) is 6.42 Å². The Kier molecular flexibility index (Phi) is 7.76. The van der Waals surface area contributed by atoms with Crippen LogP contribution < -0.4 is 15.3 Å². The molecule has 0 bridgehead atoms. The zero-order valence-corrected chi connectivity index (χ0v) is 26.9. The van der Waals surface area contributed by atoms with Gasteiger partial charge in [0.2, 0.25) is 0 Å². The molecule has 11 heteroatoms. The predicted molar refractivity (Wildman–Crippen MR) is 178 cm³/mol. The minimum absolute atomic E-state index is 0.00861. The molecule has 0 radical (unpaired) electrons. The van der Waals surface area contributed by atoms with E-state index in [1.165, 1.54) is 37.1 Å². The molecule has 3 saturated heterocycles. The second-order valence-electron chi connectivity index (χ2n) is 13.9. The summed E-state index contributed by atoms with van der Waals surface area (Å²) < 4.78 is 48.1. The molecular weight excluding hydrogens is 618 g/mol. The minimum atomic E-state index is -0.910. The van der Waals surface area contributed by atoms with Gasteiger partial charge in [-0.2, -0.15) is 9.97 Å². The van der Waals surface area contributed by atoms with Crippen molar-refractivity contribution in [3.63, 3.8) is 0 Å². The number of alkyl halides is 1. The molecule has 3 aliphatic heterocycles. The number of aryl methyl sites for hydroxylation is 1. The molecule has 0 amide bonds. The molecule has 2 aromatic heterocycles. The quantitative estimate of drug-likeness (QED) is 0.233. The molecule has 8 rings (SSSR count). The van der Waals surface area contributed by atoms with Crippen molar-refractivity contribution in [2.75, 3.05) is 44.3 Å². The molecule has 250 valence electrons. The van der Waals surface area contributed by atoms with Gasteiger partial charge in [0.05, 0.1) is 22.7 Å². The van der Waals surface area contributed by atoms with Crippen LogP contribution in [0, 0.1) is 31.0 Å². The molecule has 48 heavy (non-hydrogen) atoms. The van der Waals surface area contributed by atoms with E-state index in [0.717, 1.165) is 38.8 Å². The second-order valence-corrected chi connectivity index (χ2v) is 13.9. The lowest BCUT2D eigenvalue weighted by Crippen LogP contribution is -2.43. The average molecular weight is 657 g/mol. The smallest absolute Gasteiger partial charge is 0.349 e. The summed E-state index contributed by atoms with van der Waals surface area (Å²) in [4.78, 5) is 27.8. The Morgan fingerprint density at radius 3 is 2.81 bits per heavy atom. The van der Waals surface area contributed by atoms with Gasteiger partial charge in [-0.3, -0.25) is 4.90 Å². The first-order chi connectivity index (χ1) is 23.2. The van der Waals surface area contributed by atoms with Crippen LogP contribution in [0.5, 0.6) is 11.8 Å². The van der Waals surface area contributed by atoms with Crippen molar-refractivity contribution in [1.29, 1.82) is 0 Å². The van der Waals surface area contributed by atoms with E-state index in [-0.39, 0.29) is 46.7 Å². The zero-order chi connectivity index (χ0) is 33.2. The fraction of sp³-hybridized carbons (Fsp3) is 0.486. The Balaban J connectivity index is 1.26. The highest BCUT2D eigenvalue weighted by atomic mass is 19.1. The zero-order valence-electron chi connectivity index (χ0n) is 26.9. The van der Waals surface area contributed by atoms with Crippen LogP contribution in [0.1, 0.15) is 56.1 Å². The van der Waals surface area contributed by atoms with Gasteiger partial charge in [-0.05, 0) is 81.5 Å².